The number of nitrogens with one attached hydrogen (secondary N) is 1. The van der Waals surface area contributed by atoms with Gasteiger partial charge in [0.25, 0.3) is 5.91 Å². The van der Waals surface area contributed by atoms with Crippen molar-refractivity contribution >= 4 is 23.6 Å². The minimum Gasteiger partial charge on any atom is -0.456 e. The molecule has 0 saturated carbocycles. The van der Waals surface area contributed by atoms with Crippen LogP contribution in [-0.2, 0) is 20.9 Å². The molecule has 0 fully saturated rings. The number of esters is 1. The topological polar surface area (TPSA) is 73.9 Å². The summed E-state index contributed by atoms with van der Waals surface area (Å²) in [5, 5.41) is 2.72. The summed E-state index contributed by atoms with van der Waals surface area (Å²) in [5.41, 5.74) is 3.36. The second kappa shape index (κ2) is 9.50. The number of amides is 1. The summed E-state index contributed by atoms with van der Waals surface area (Å²) in [7, 11) is 0. The Hall–Kier alpha value is -2.67. The third-order valence-electron chi connectivity index (χ3n) is 4.34. The van der Waals surface area contributed by atoms with Crippen LogP contribution in [0, 0.1) is 13.8 Å². The molecule has 0 radical (unpaired) electrons. The molecule has 3 rings (SSSR count). The Balaban J connectivity index is 1.32. The highest BCUT2D eigenvalue weighted by atomic mass is 32.2. The van der Waals surface area contributed by atoms with Gasteiger partial charge in [0.1, 0.15) is 0 Å². The van der Waals surface area contributed by atoms with Gasteiger partial charge in [-0.05, 0) is 54.8 Å². The quantitative estimate of drug-likeness (QED) is 0.540. The highest BCUT2D eigenvalue weighted by Crippen LogP contribution is 2.32. The number of benzene rings is 2. The van der Waals surface area contributed by atoms with Crippen LogP contribution < -0.4 is 14.8 Å². The maximum absolute atomic E-state index is 11.9. The molecule has 28 heavy (non-hydrogen) atoms. The van der Waals surface area contributed by atoms with Crippen LogP contribution in [0.5, 0.6) is 11.5 Å². The predicted molar refractivity (Wildman–Crippen MR) is 107 cm³/mol. The van der Waals surface area contributed by atoms with E-state index in [1.54, 1.807) is 17.8 Å². The first kappa shape index (κ1) is 20.1. The van der Waals surface area contributed by atoms with Gasteiger partial charge in [-0.2, -0.15) is 0 Å². The molecule has 2 aromatic carbocycles. The van der Waals surface area contributed by atoms with E-state index in [4.69, 9.17) is 14.2 Å². The number of hydrogen-bond acceptors (Lipinski definition) is 6. The number of rotatable bonds is 8. The second-order valence-corrected chi connectivity index (χ2v) is 7.64. The monoisotopic (exact) mass is 401 g/mol. The maximum atomic E-state index is 11.9. The van der Waals surface area contributed by atoms with Gasteiger partial charge in [-0.15, -0.1) is 11.8 Å². The van der Waals surface area contributed by atoms with Gasteiger partial charge >= 0.3 is 5.97 Å². The summed E-state index contributed by atoms with van der Waals surface area (Å²) in [6.07, 6.45) is 0.257. The van der Waals surface area contributed by atoms with Crippen LogP contribution >= 0.6 is 11.8 Å². The van der Waals surface area contributed by atoms with E-state index in [9.17, 15) is 9.59 Å². The molecule has 0 saturated heterocycles. The molecule has 148 valence electrons. The summed E-state index contributed by atoms with van der Waals surface area (Å²) in [6, 6.07) is 11.7. The molecule has 0 atom stereocenters. The number of hydrogen-bond donors (Lipinski definition) is 1. The van der Waals surface area contributed by atoms with E-state index in [1.807, 2.05) is 18.2 Å². The zero-order valence-corrected chi connectivity index (χ0v) is 16.8. The van der Waals surface area contributed by atoms with Crippen molar-refractivity contribution in [2.45, 2.75) is 31.7 Å². The molecule has 0 aliphatic carbocycles. The predicted octanol–water partition coefficient (Wildman–Crippen LogP) is 3.37. The number of thioether (sulfide) groups is 1. The van der Waals surface area contributed by atoms with E-state index in [0.717, 1.165) is 10.5 Å². The first-order chi connectivity index (χ1) is 13.5. The molecular weight excluding hydrogens is 378 g/mol. The molecule has 0 aromatic heterocycles. The SMILES string of the molecule is Cc1ccc(SCCC(=O)OCC(=O)NCc2ccc3c(c2)OCO3)cc1C. The molecule has 0 unspecified atom stereocenters. The normalized spacial score (nSPS) is 11.9. The van der Waals surface area contributed by atoms with Crippen molar-refractivity contribution < 1.29 is 23.8 Å². The van der Waals surface area contributed by atoms with E-state index in [-0.39, 0.29) is 31.7 Å². The van der Waals surface area contributed by atoms with E-state index in [2.05, 4.69) is 31.3 Å². The van der Waals surface area contributed by atoms with Gasteiger partial charge < -0.3 is 19.5 Å². The van der Waals surface area contributed by atoms with E-state index in [1.165, 1.54) is 11.1 Å². The summed E-state index contributed by atoms with van der Waals surface area (Å²) < 4.78 is 15.6. The van der Waals surface area contributed by atoms with Crippen molar-refractivity contribution in [3.63, 3.8) is 0 Å². The zero-order chi connectivity index (χ0) is 19.9. The fraction of sp³-hybridized carbons (Fsp3) is 0.333. The van der Waals surface area contributed by atoms with Gasteiger partial charge in [0.2, 0.25) is 6.79 Å². The number of carbonyl (C=O) groups is 2. The first-order valence-electron chi connectivity index (χ1n) is 9.02. The largest absolute Gasteiger partial charge is 0.456 e. The van der Waals surface area contributed by atoms with Gasteiger partial charge in [-0.25, -0.2) is 0 Å². The fourth-order valence-corrected chi connectivity index (χ4v) is 3.51. The number of carbonyl (C=O) groups excluding carboxylic acids is 2. The third kappa shape index (κ3) is 5.66. The van der Waals surface area contributed by atoms with Crippen molar-refractivity contribution in [3.8, 4) is 11.5 Å². The minimum absolute atomic E-state index is 0.211. The van der Waals surface area contributed by atoms with Crippen LogP contribution in [0.25, 0.3) is 0 Å². The molecule has 0 bridgehead atoms. The molecule has 7 heteroatoms. The Kier molecular flexibility index (Phi) is 6.81. The summed E-state index contributed by atoms with van der Waals surface area (Å²) in [4.78, 5) is 24.8. The van der Waals surface area contributed by atoms with Crippen molar-refractivity contribution in [1.82, 2.24) is 5.32 Å². The fourth-order valence-electron chi connectivity index (χ4n) is 2.58. The van der Waals surface area contributed by atoms with Crippen LogP contribution in [-0.4, -0.2) is 31.0 Å². The highest BCUT2D eigenvalue weighted by Gasteiger charge is 2.14. The summed E-state index contributed by atoms with van der Waals surface area (Å²) in [6.45, 7) is 4.39. The lowest BCUT2D eigenvalue weighted by Gasteiger charge is -2.08. The van der Waals surface area contributed by atoms with Crippen molar-refractivity contribution in [3.05, 3.63) is 53.1 Å². The van der Waals surface area contributed by atoms with Crippen LogP contribution in [0.15, 0.2) is 41.3 Å². The Labute approximate surface area is 168 Å². The van der Waals surface area contributed by atoms with Crippen molar-refractivity contribution in [2.24, 2.45) is 0 Å². The number of aryl methyl sites for hydroxylation is 2. The molecule has 0 spiro atoms. The standard InChI is InChI=1S/C21H23NO5S/c1-14-3-5-17(9-15(14)2)28-8-7-21(24)25-12-20(23)22-11-16-4-6-18-19(10-16)27-13-26-18/h3-6,9-10H,7-8,11-13H2,1-2H3,(H,22,23). The lowest BCUT2D eigenvalue weighted by molar-refractivity contribution is -0.148. The molecule has 1 amide bonds. The molecule has 2 aromatic rings. The average Bonchev–Trinajstić information content (AvgIpc) is 3.15. The lowest BCUT2D eigenvalue weighted by atomic mass is 10.1. The van der Waals surface area contributed by atoms with Crippen molar-refractivity contribution in [1.29, 1.82) is 0 Å². The minimum atomic E-state index is -0.380. The number of ether oxygens (including phenoxy) is 3. The second-order valence-electron chi connectivity index (χ2n) is 6.47. The van der Waals surface area contributed by atoms with Crippen LogP contribution in [0.2, 0.25) is 0 Å². The van der Waals surface area contributed by atoms with Gasteiger partial charge in [-0.1, -0.05) is 12.1 Å². The summed E-state index contributed by atoms with van der Waals surface area (Å²) >= 11 is 1.60. The van der Waals surface area contributed by atoms with Gasteiger partial charge in [-0.3, -0.25) is 9.59 Å². The van der Waals surface area contributed by atoms with Gasteiger partial charge in [0.15, 0.2) is 18.1 Å². The molecular formula is C21H23NO5S. The average molecular weight is 401 g/mol. The summed E-state index contributed by atoms with van der Waals surface area (Å²) in [5.74, 6) is 1.25. The zero-order valence-electron chi connectivity index (χ0n) is 15.9. The smallest absolute Gasteiger partial charge is 0.307 e. The van der Waals surface area contributed by atoms with Crippen molar-refractivity contribution in [2.75, 3.05) is 19.2 Å². The highest BCUT2D eigenvalue weighted by molar-refractivity contribution is 7.99. The first-order valence-corrected chi connectivity index (χ1v) is 10.0. The molecule has 6 nitrogen and oxygen atoms in total. The Morgan fingerprint density at radius 3 is 2.71 bits per heavy atom. The molecule has 1 aliphatic heterocycles. The van der Waals surface area contributed by atoms with E-state index < -0.39 is 0 Å². The van der Waals surface area contributed by atoms with Crippen LogP contribution in [0.3, 0.4) is 0 Å². The van der Waals surface area contributed by atoms with E-state index in [0.29, 0.717) is 23.8 Å². The molecule has 1 N–H and O–H groups in total. The lowest BCUT2D eigenvalue weighted by Crippen LogP contribution is -2.28. The third-order valence-corrected chi connectivity index (χ3v) is 5.34. The Bertz CT molecular complexity index is 868. The molecule has 1 aliphatic rings. The Morgan fingerprint density at radius 2 is 1.89 bits per heavy atom. The van der Waals surface area contributed by atoms with Gasteiger partial charge in [0.05, 0.1) is 6.42 Å². The van der Waals surface area contributed by atoms with E-state index >= 15 is 0 Å². The Morgan fingerprint density at radius 1 is 1.07 bits per heavy atom. The maximum Gasteiger partial charge on any atom is 0.307 e. The van der Waals surface area contributed by atoms with Crippen LogP contribution in [0.4, 0.5) is 0 Å². The number of fused-ring (bicyclic) bond motifs is 1. The van der Waals surface area contributed by atoms with Crippen LogP contribution in [0.1, 0.15) is 23.1 Å². The van der Waals surface area contributed by atoms with Gasteiger partial charge in [0, 0.05) is 17.2 Å². The molecule has 1 heterocycles.